The molecule has 0 aromatic carbocycles. The quantitative estimate of drug-likeness (QED) is 0.241. The smallest absolute Gasteiger partial charge is 1.00 e. The molecule has 0 aliphatic heterocycles. The minimum absolute atomic E-state index is 0. The van der Waals surface area contributed by atoms with Crippen LogP contribution in [-0.4, -0.2) is 10.7 Å². The van der Waals surface area contributed by atoms with Gasteiger partial charge in [0.05, 0.1) is 18.3 Å². The van der Waals surface area contributed by atoms with E-state index in [9.17, 15) is 25.2 Å². The van der Waals surface area contributed by atoms with E-state index in [2.05, 4.69) is 31.8 Å². The molecule has 2 atom stereocenters. The molecule has 29 heavy (non-hydrogen) atoms. The molecule has 3 rings (SSSR count). The molecule has 0 amide bonds. The van der Waals surface area contributed by atoms with Crippen LogP contribution in [-0.2, 0) is 23.6 Å². The van der Waals surface area contributed by atoms with Crippen LogP contribution in [0, 0.1) is 28.1 Å². The van der Waals surface area contributed by atoms with E-state index >= 15 is 0 Å². The van der Waals surface area contributed by atoms with Gasteiger partial charge < -0.3 is 0 Å². The Morgan fingerprint density at radius 1 is 1.17 bits per heavy atom. The summed E-state index contributed by atoms with van der Waals surface area (Å²) in [7, 11) is -10.7. The zero-order valence-corrected chi connectivity index (χ0v) is 18.4. The molecule has 0 N–H and O–H groups in total. The third-order valence-corrected chi connectivity index (χ3v) is 5.67. The van der Waals surface area contributed by atoms with E-state index in [0.717, 1.165) is 18.2 Å². The van der Waals surface area contributed by atoms with Gasteiger partial charge in [0.2, 0.25) is 0 Å². The predicted octanol–water partition coefficient (Wildman–Crippen LogP) is 7.78. The van der Waals surface area contributed by atoms with Crippen molar-refractivity contribution in [3.05, 3.63) is 30.1 Å². The predicted molar refractivity (Wildman–Crippen MR) is 99.5 cm³/mol. The van der Waals surface area contributed by atoms with Crippen LogP contribution < -0.4 is 0 Å². The third-order valence-electron chi connectivity index (χ3n) is 5.67. The van der Waals surface area contributed by atoms with Gasteiger partial charge in [0.1, 0.15) is 0 Å². The van der Waals surface area contributed by atoms with Crippen molar-refractivity contribution < 1.29 is 42.3 Å². The second kappa shape index (κ2) is 8.53. The van der Waals surface area contributed by atoms with Crippen LogP contribution in [0.15, 0.2) is 29.4 Å². The Hall–Kier alpha value is -1.16. The first kappa shape index (κ1) is 27.8. The van der Waals surface area contributed by atoms with Gasteiger partial charge in [-0.15, -0.1) is 0 Å². The summed E-state index contributed by atoms with van der Waals surface area (Å²) in [5.41, 5.74) is 3.27. The molecule has 0 saturated heterocycles. The summed E-state index contributed by atoms with van der Waals surface area (Å²) in [4.78, 5) is 9.25. The van der Waals surface area contributed by atoms with Gasteiger partial charge >= 0.3 is 50.1 Å². The molecule has 0 radical (unpaired) electrons. The first-order valence-electron chi connectivity index (χ1n) is 8.71. The maximum atomic E-state index is 9.87. The first-order chi connectivity index (χ1) is 12.4. The van der Waals surface area contributed by atoms with Crippen LogP contribution >= 0.6 is 7.81 Å². The molecule has 0 unspecified atom stereocenters. The largest absolute Gasteiger partial charge is 1.00 e. The molecule has 11 heteroatoms. The van der Waals surface area contributed by atoms with Crippen molar-refractivity contribution in [2.24, 2.45) is 21.7 Å². The van der Waals surface area contributed by atoms with Crippen LogP contribution in [0.1, 0.15) is 52.7 Å². The molecule has 3 nitrogen and oxygen atoms in total. The maximum absolute atomic E-state index is 10.7. The molecule has 1 heterocycles. The van der Waals surface area contributed by atoms with Gasteiger partial charge in [0.25, 0.3) is 0 Å². The third kappa shape index (κ3) is 9.02. The zero-order valence-electron chi connectivity index (χ0n) is 16.6. The summed E-state index contributed by atoms with van der Waals surface area (Å²) in [5, 5.41) is 7.32. The van der Waals surface area contributed by atoms with E-state index in [4.69, 9.17) is 10.3 Å². The second-order valence-electron chi connectivity index (χ2n) is 7.76. The van der Waals surface area contributed by atoms with Gasteiger partial charge in [0.15, 0.2) is 0 Å². The van der Waals surface area contributed by atoms with E-state index in [0.29, 0.717) is 10.8 Å². The number of aromatic nitrogens is 1. The summed E-state index contributed by atoms with van der Waals surface area (Å²) in [6.45, 7) is 9.44. The minimum Gasteiger partial charge on any atom is 1.00 e. The number of halogens is 6. The topological polar surface area (TPSA) is 49.0 Å². The molecule has 0 spiro atoms. The van der Waals surface area contributed by atoms with Gasteiger partial charge in [-0.2, -0.15) is 5.26 Å². The van der Waals surface area contributed by atoms with Crippen molar-refractivity contribution in [2.75, 3.05) is 0 Å². The normalized spacial score (nSPS) is 27.8. The number of nitriles is 1. The Balaban J connectivity index is 0.000000607. The average Bonchev–Trinajstić information content (AvgIpc) is 2.85. The Labute approximate surface area is 177 Å². The Morgan fingerprint density at radius 2 is 1.69 bits per heavy atom. The van der Waals surface area contributed by atoms with Crippen molar-refractivity contribution in [1.82, 2.24) is 4.98 Å². The van der Waals surface area contributed by atoms with Crippen LogP contribution in [0.2, 0.25) is 0 Å². The fourth-order valence-electron chi connectivity index (χ4n) is 3.84. The molecular formula is C18H25CuF6N3P. The Kier molecular flexibility index (Phi) is 8.19. The Morgan fingerprint density at radius 3 is 2.03 bits per heavy atom. The van der Waals surface area contributed by atoms with E-state index in [1.54, 1.807) is 6.07 Å². The van der Waals surface area contributed by atoms with Crippen LogP contribution in [0.25, 0.3) is 0 Å². The minimum atomic E-state index is -10.7. The number of pyridine rings is 1. The van der Waals surface area contributed by atoms with E-state index in [1.807, 2.05) is 18.3 Å². The van der Waals surface area contributed by atoms with Crippen LogP contribution in [0.3, 0.4) is 0 Å². The van der Waals surface area contributed by atoms with Crippen LogP contribution in [0.5, 0.6) is 0 Å². The summed E-state index contributed by atoms with van der Waals surface area (Å²) in [5.74, 6) is 0.838. The van der Waals surface area contributed by atoms with E-state index in [-0.39, 0.29) is 17.1 Å². The molecule has 2 bridgehead atoms. The number of fused-ring (bicyclic) bond motifs is 2. The molecule has 2 fully saturated rings. The van der Waals surface area contributed by atoms with Crippen molar-refractivity contribution in [3.8, 4) is 6.07 Å². The second-order valence-corrected chi connectivity index (χ2v) is 9.68. The summed E-state index contributed by atoms with van der Waals surface area (Å²) in [6, 6.07) is 7.80. The SMILES string of the molecule is CC#N.CC1(C)[C@@H]2CC[C@@]1(C)C(=NCc1ccccn1)C2.F[P-](F)(F)(F)(F)F.[Cu+]. The summed E-state index contributed by atoms with van der Waals surface area (Å²) < 4.78 is 59.2. The molecule has 2 saturated carbocycles. The molecule has 1 aromatic heterocycles. The van der Waals surface area contributed by atoms with Crippen molar-refractivity contribution in [3.63, 3.8) is 0 Å². The summed E-state index contributed by atoms with van der Waals surface area (Å²) >= 11 is 0. The number of nitrogens with zero attached hydrogens (tertiary/aromatic N) is 3. The monoisotopic (exact) mass is 491 g/mol. The van der Waals surface area contributed by atoms with Gasteiger partial charge in [-0.25, -0.2) is 0 Å². The zero-order chi connectivity index (χ0) is 21.9. The van der Waals surface area contributed by atoms with Gasteiger partial charge in [-0.1, -0.05) is 26.8 Å². The maximum Gasteiger partial charge on any atom is 1.00 e. The number of rotatable bonds is 2. The number of aliphatic imine (C=N–C) groups is 1. The number of hydrogen-bond acceptors (Lipinski definition) is 3. The average molecular weight is 492 g/mol. The fraction of sp³-hybridized carbons (Fsp3) is 0.611. The summed E-state index contributed by atoms with van der Waals surface area (Å²) in [6.07, 6.45) is 5.75. The standard InChI is InChI=1S/C16H22N2.C2H3N.Cu.F6P/c1-15(2)12-7-8-16(15,3)14(10-12)18-11-13-6-4-5-9-17-13;1-2-3;;1-7(2,3,4,5)6/h4-6,9,12H,7-8,10-11H2,1-3H3;1H3;;/q;;+1;-1/t12-,16+;;;/m1.../s1. The fourth-order valence-corrected chi connectivity index (χ4v) is 3.84. The van der Waals surface area contributed by atoms with Crippen molar-refractivity contribution in [2.45, 2.75) is 53.5 Å². The van der Waals surface area contributed by atoms with Gasteiger partial charge in [-0.3, -0.25) is 9.98 Å². The molecule has 170 valence electrons. The van der Waals surface area contributed by atoms with Crippen LogP contribution in [0.4, 0.5) is 25.2 Å². The molecule has 2 aliphatic rings. The van der Waals surface area contributed by atoms with E-state index in [1.165, 1.54) is 31.9 Å². The van der Waals surface area contributed by atoms with Gasteiger partial charge in [0, 0.05) is 24.2 Å². The molecule has 2 aliphatic carbocycles. The van der Waals surface area contributed by atoms with Crippen molar-refractivity contribution in [1.29, 1.82) is 5.26 Å². The number of hydrogen-bond donors (Lipinski definition) is 0. The van der Waals surface area contributed by atoms with E-state index < -0.39 is 7.81 Å². The molecular weight excluding hydrogens is 467 g/mol. The first-order valence-corrected chi connectivity index (χ1v) is 10.7. The van der Waals surface area contributed by atoms with Crippen molar-refractivity contribution >= 4 is 13.5 Å². The van der Waals surface area contributed by atoms with Gasteiger partial charge in [-0.05, 0) is 42.7 Å². The molecule has 1 aromatic rings. The Bertz CT molecular complexity index is 748.